The Balaban J connectivity index is 3.06. The highest BCUT2D eigenvalue weighted by Crippen LogP contribution is 2.19. The standard InChI is InChI=1S/C11H13ClN4O4/c1-5(2)14-7-3-8(12)13-4-6(7)10(17)15-9(16-20)11(18)19/h3-5,20H,1-2H3,(H,13,14)(H,18,19)(H,15,16,17). The molecule has 0 aliphatic rings. The van der Waals surface area contributed by atoms with E-state index in [2.05, 4.69) is 15.5 Å². The van der Waals surface area contributed by atoms with Gasteiger partial charge in [0.15, 0.2) is 0 Å². The van der Waals surface area contributed by atoms with Crippen molar-refractivity contribution in [3.05, 3.63) is 23.0 Å². The molecule has 0 fully saturated rings. The summed E-state index contributed by atoms with van der Waals surface area (Å²) >= 11 is 5.75. The van der Waals surface area contributed by atoms with Gasteiger partial charge in [-0.2, -0.15) is 0 Å². The van der Waals surface area contributed by atoms with Crippen LogP contribution in [0.3, 0.4) is 0 Å². The summed E-state index contributed by atoms with van der Waals surface area (Å²) in [7, 11) is 0. The lowest BCUT2D eigenvalue weighted by atomic mass is 10.2. The zero-order valence-electron chi connectivity index (χ0n) is 10.7. The second kappa shape index (κ2) is 6.71. The summed E-state index contributed by atoms with van der Waals surface area (Å²) in [5, 5.41) is 24.8. The predicted molar refractivity (Wildman–Crippen MR) is 72.3 cm³/mol. The molecule has 0 bridgehead atoms. The van der Waals surface area contributed by atoms with Crippen LogP contribution in [-0.4, -0.2) is 39.1 Å². The fraction of sp³-hybridized carbons (Fsp3) is 0.273. The molecule has 4 N–H and O–H groups in total. The van der Waals surface area contributed by atoms with Crippen LogP contribution in [0.5, 0.6) is 0 Å². The number of anilines is 1. The molecule has 0 aliphatic carbocycles. The average molecular weight is 301 g/mol. The van der Waals surface area contributed by atoms with E-state index in [1.54, 1.807) is 0 Å². The summed E-state index contributed by atoms with van der Waals surface area (Å²) in [6.07, 6.45) is 1.19. The van der Waals surface area contributed by atoms with E-state index in [4.69, 9.17) is 21.9 Å². The monoisotopic (exact) mass is 300 g/mol. The molecule has 0 aromatic carbocycles. The molecule has 0 unspecified atom stereocenters. The number of nitrogens with zero attached hydrogens (tertiary/aromatic N) is 2. The molecular weight excluding hydrogens is 288 g/mol. The molecule has 0 saturated heterocycles. The fourth-order valence-corrected chi connectivity index (χ4v) is 1.50. The van der Waals surface area contributed by atoms with Gasteiger partial charge in [-0.05, 0) is 19.9 Å². The van der Waals surface area contributed by atoms with Crippen LogP contribution < -0.4 is 10.6 Å². The van der Waals surface area contributed by atoms with Crippen LogP contribution in [0.4, 0.5) is 5.69 Å². The molecule has 1 amide bonds. The molecular formula is C11H13ClN4O4. The number of hydrogen-bond donors (Lipinski definition) is 4. The van der Waals surface area contributed by atoms with Crippen molar-refractivity contribution in [1.82, 2.24) is 10.3 Å². The molecule has 8 nitrogen and oxygen atoms in total. The fourth-order valence-electron chi connectivity index (χ4n) is 1.34. The number of carbonyl (C=O) groups is 2. The van der Waals surface area contributed by atoms with Crippen LogP contribution in [0, 0.1) is 0 Å². The third-order valence-electron chi connectivity index (χ3n) is 2.09. The zero-order valence-corrected chi connectivity index (χ0v) is 11.5. The van der Waals surface area contributed by atoms with Crippen molar-refractivity contribution >= 4 is 35.0 Å². The Labute approximate surface area is 119 Å². The predicted octanol–water partition coefficient (Wildman–Crippen LogP) is 1.16. The number of nitrogens with one attached hydrogen (secondary N) is 2. The van der Waals surface area contributed by atoms with Crippen LogP contribution >= 0.6 is 11.6 Å². The van der Waals surface area contributed by atoms with E-state index in [0.29, 0.717) is 5.69 Å². The minimum Gasteiger partial charge on any atom is -0.475 e. The van der Waals surface area contributed by atoms with Gasteiger partial charge in [-0.3, -0.25) is 10.1 Å². The first kappa shape index (κ1) is 15.7. The Morgan fingerprint density at radius 1 is 1.45 bits per heavy atom. The molecule has 0 spiro atoms. The number of amides is 1. The molecule has 1 rings (SSSR count). The molecule has 108 valence electrons. The number of carbonyl (C=O) groups excluding carboxylic acids is 1. The molecule has 1 heterocycles. The summed E-state index contributed by atoms with van der Waals surface area (Å²) in [4.78, 5) is 26.4. The molecule has 1 aromatic rings. The lowest BCUT2D eigenvalue weighted by Crippen LogP contribution is -2.36. The highest BCUT2D eigenvalue weighted by atomic mass is 35.5. The number of aromatic nitrogens is 1. The maximum Gasteiger partial charge on any atom is 0.375 e. The van der Waals surface area contributed by atoms with E-state index in [9.17, 15) is 9.59 Å². The van der Waals surface area contributed by atoms with Crippen molar-refractivity contribution < 1.29 is 19.9 Å². The Kier molecular flexibility index (Phi) is 5.27. The van der Waals surface area contributed by atoms with Gasteiger partial charge in [0.1, 0.15) is 5.15 Å². The molecule has 0 atom stereocenters. The van der Waals surface area contributed by atoms with Crippen molar-refractivity contribution in [1.29, 1.82) is 0 Å². The Morgan fingerprint density at radius 2 is 2.10 bits per heavy atom. The van der Waals surface area contributed by atoms with E-state index in [1.807, 2.05) is 19.2 Å². The van der Waals surface area contributed by atoms with Gasteiger partial charge in [0.2, 0.25) is 0 Å². The summed E-state index contributed by atoms with van der Waals surface area (Å²) in [5.41, 5.74) is 0.464. The first-order valence-electron chi connectivity index (χ1n) is 5.54. The first-order valence-corrected chi connectivity index (χ1v) is 5.91. The van der Waals surface area contributed by atoms with Crippen molar-refractivity contribution in [2.75, 3.05) is 5.32 Å². The maximum atomic E-state index is 11.9. The number of carboxylic acids is 1. The van der Waals surface area contributed by atoms with E-state index >= 15 is 0 Å². The van der Waals surface area contributed by atoms with Gasteiger partial charge in [0.25, 0.3) is 11.7 Å². The molecule has 0 radical (unpaired) electrons. The highest BCUT2D eigenvalue weighted by Gasteiger charge is 2.19. The maximum absolute atomic E-state index is 11.9. The second-order valence-corrected chi connectivity index (χ2v) is 4.45. The number of rotatable bonds is 3. The Hall–Kier alpha value is -2.35. The van der Waals surface area contributed by atoms with E-state index in [-0.39, 0.29) is 16.8 Å². The van der Waals surface area contributed by atoms with Crippen molar-refractivity contribution in [3.63, 3.8) is 0 Å². The van der Waals surface area contributed by atoms with Gasteiger partial charge >= 0.3 is 5.97 Å². The van der Waals surface area contributed by atoms with Gasteiger partial charge in [-0.1, -0.05) is 16.8 Å². The Bertz CT molecular complexity index is 559. The smallest absolute Gasteiger partial charge is 0.375 e. The molecule has 9 heteroatoms. The quantitative estimate of drug-likeness (QED) is 0.218. The third kappa shape index (κ3) is 4.09. The number of carboxylic acid groups (broad SMARTS) is 1. The first-order chi connectivity index (χ1) is 9.35. The number of pyridine rings is 1. The van der Waals surface area contributed by atoms with Crippen LogP contribution in [0.15, 0.2) is 17.4 Å². The number of amidine groups is 1. The minimum absolute atomic E-state index is 0.0190. The van der Waals surface area contributed by atoms with Gasteiger partial charge in [-0.25, -0.2) is 9.78 Å². The lowest BCUT2D eigenvalue weighted by molar-refractivity contribution is -0.129. The van der Waals surface area contributed by atoms with Gasteiger partial charge in [0.05, 0.1) is 11.3 Å². The van der Waals surface area contributed by atoms with Crippen LogP contribution in [-0.2, 0) is 4.79 Å². The van der Waals surface area contributed by atoms with E-state index in [1.165, 1.54) is 12.3 Å². The second-order valence-electron chi connectivity index (χ2n) is 4.06. The average Bonchev–Trinajstić information content (AvgIpc) is 2.34. The third-order valence-corrected chi connectivity index (χ3v) is 2.30. The summed E-state index contributed by atoms with van der Waals surface area (Å²) in [5.74, 6) is -3.24. The summed E-state index contributed by atoms with van der Waals surface area (Å²) < 4.78 is 0. The van der Waals surface area contributed by atoms with Crippen molar-refractivity contribution in [2.24, 2.45) is 5.16 Å². The number of oxime groups is 1. The van der Waals surface area contributed by atoms with Crippen LogP contribution in [0.1, 0.15) is 24.2 Å². The molecule has 20 heavy (non-hydrogen) atoms. The SMILES string of the molecule is CC(C)Nc1cc(Cl)ncc1C(=O)NC(=NO)C(=O)O. The van der Waals surface area contributed by atoms with Crippen LogP contribution in [0.2, 0.25) is 5.15 Å². The van der Waals surface area contributed by atoms with E-state index < -0.39 is 17.7 Å². The molecule has 0 aliphatic heterocycles. The lowest BCUT2D eigenvalue weighted by Gasteiger charge is -2.14. The molecule has 1 aromatic heterocycles. The van der Waals surface area contributed by atoms with Crippen molar-refractivity contribution in [2.45, 2.75) is 19.9 Å². The van der Waals surface area contributed by atoms with Gasteiger partial charge < -0.3 is 15.6 Å². The Morgan fingerprint density at radius 3 is 2.60 bits per heavy atom. The molecule has 0 saturated carbocycles. The van der Waals surface area contributed by atoms with Gasteiger partial charge in [-0.15, -0.1) is 0 Å². The zero-order chi connectivity index (χ0) is 15.3. The largest absolute Gasteiger partial charge is 0.475 e. The summed E-state index contributed by atoms with van der Waals surface area (Å²) in [6, 6.07) is 1.46. The summed E-state index contributed by atoms with van der Waals surface area (Å²) in [6.45, 7) is 3.71. The number of hydrogen-bond acceptors (Lipinski definition) is 6. The van der Waals surface area contributed by atoms with Crippen molar-refractivity contribution in [3.8, 4) is 0 Å². The number of aliphatic carboxylic acids is 1. The van der Waals surface area contributed by atoms with Crippen LogP contribution in [0.25, 0.3) is 0 Å². The van der Waals surface area contributed by atoms with E-state index in [0.717, 1.165) is 0 Å². The topological polar surface area (TPSA) is 124 Å². The normalized spacial score (nSPS) is 11.3. The highest BCUT2D eigenvalue weighted by molar-refractivity contribution is 6.38. The minimum atomic E-state index is -1.57. The van der Waals surface area contributed by atoms with Gasteiger partial charge in [0, 0.05) is 12.2 Å². The number of halogens is 1.